The third-order valence-electron chi connectivity index (χ3n) is 3.43. The number of H-pyrrole nitrogens is 1. The van der Waals surface area contributed by atoms with Crippen molar-refractivity contribution in [3.05, 3.63) is 59.4 Å². The molecule has 0 saturated heterocycles. The second kappa shape index (κ2) is 6.88. The lowest BCUT2D eigenvalue weighted by Gasteiger charge is -2.22. The molecule has 1 aromatic carbocycles. The van der Waals surface area contributed by atoms with Gasteiger partial charge in [-0.05, 0) is 18.2 Å². The van der Waals surface area contributed by atoms with Crippen molar-refractivity contribution in [2.75, 3.05) is 13.6 Å². The van der Waals surface area contributed by atoms with E-state index < -0.39 is 24.7 Å². The Kier molecular flexibility index (Phi) is 5.08. The summed E-state index contributed by atoms with van der Waals surface area (Å²) in [5.41, 5.74) is 0.932. The Labute approximate surface area is 135 Å². The van der Waals surface area contributed by atoms with Crippen molar-refractivity contribution in [1.82, 2.24) is 9.88 Å². The van der Waals surface area contributed by atoms with Gasteiger partial charge < -0.3 is 15.0 Å². The van der Waals surface area contributed by atoms with E-state index in [9.17, 15) is 22.8 Å². The van der Waals surface area contributed by atoms with Crippen LogP contribution in [0.2, 0.25) is 0 Å². The fraction of sp³-hybridized carbons (Fsp3) is 0.250. The molecule has 1 heterocycles. The van der Waals surface area contributed by atoms with Gasteiger partial charge in [0.2, 0.25) is 0 Å². The monoisotopic (exact) mass is 340 g/mol. The van der Waals surface area contributed by atoms with E-state index in [4.69, 9.17) is 5.11 Å². The first-order valence-electron chi connectivity index (χ1n) is 6.98. The standard InChI is InChI=1S/C16H15F3N2O3/c1-21(9-13(22)16(17,18)19)15(24)11-4-2-10(3-5-11)14(23)12-6-7-20-8-12/h2-8,13,20,22H,9H2,1H3. The number of rotatable bonds is 5. The van der Waals surface area contributed by atoms with Crippen molar-refractivity contribution in [3.8, 4) is 0 Å². The molecule has 1 amide bonds. The average molecular weight is 340 g/mol. The summed E-state index contributed by atoms with van der Waals surface area (Å²) in [5.74, 6) is -0.921. The molecular weight excluding hydrogens is 325 g/mol. The van der Waals surface area contributed by atoms with E-state index in [-0.39, 0.29) is 11.3 Å². The first-order chi connectivity index (χ1) is 11.2. The van der Waals surface area contributed by atoms with Crippen LogP contribution in [0, 0.1) is 0 Å². The van der Waals surface area contributed by atoms with E-state index in [1.54, 1.807) is 12.3 Å². The van der Waals surface area contributed by atoms with Gasteiger partial charge in [-0.1, -0.05) is 12.1 Å². The summed E-state index contributed by atoms with van der Waals surface area (Å²) in [6.07, 6.45) is -4.26. The van der Waals surface area contributed by atoms with Crippen molar-refractivity contribution in [1.29, 1.82) is 0 Å². The van der Waals surface area contributed by atoms with Gasteiger partial charge in [-0.25, -0.2) is 0 Å². The Hall–Kier alpha value is -2.61. The Bertz CT molecular complexity index is 709. The number of aliphatic hydroxyl groups is 1. The Balaban J connectivity index is 2.07. The van der Waals surface area contributed by atoms with Gasteiger partial charge in [0.25, 0.3) is 5.91 Å². The molecule has 0 aliphatic heterocycles. The molecule has 2 rings (SSSR count). The molecule has 5 nitrogen and oxygen atoms in total. The van der Waals surface area contributed by atoms with Gasteiger partial charge in [0, 0.05) is 36.1 Å². The van der Waals surface area contributed by atoms with E-state index in [2.05, 4.69) is 4.98 Å². The Morgan fingerprint density at radius 3 is 2.21 bits per heavy atom. The number of benzene rings is 1. The smallest absolute Gasteiger partial charge is 0.382 e. The highest BCUT2D eigenvalue weighted by atomic mass is 19.4. The molecule has 128 valence electrons. The summed E-state index contributed by atoms with van der Waals surface area (Å²) in [7, 11) is 1.16. The van der Waals surface area contributed by atoms with E-state index in [1.807, 2.05) is 0 Å². The van der Waals surface area contributed by atoms with Gasteiger partial charge in [-0.3, -0.25) is 9.59 Å². The topological polar surface area (TPSA) is 73.4 Å². The molecule has 0 aliphatic carbocycles. The zero-order valence-corrected chi connectivity index (χ0v) is 12.7. The maximum absolute atomic E-state index is 12.3. The number of carbonyl (C=O) groups excluding carboxylic acids is 2. The molecule has 0 fully saturated rings. The minimum Gasteiger partial charge on any atom is -0.382 e. The zero-order chi connectivity index (χ0) is 17.9. The third kappa shape index (κ3) is 4.02. The molecule has 2 aromatic rings. The van der Waals surface area contributed by atoms with Crippen LogP contribution in [0.25, 0.3) is 0 Å². The lowest BCUT2D eigenvalue weighted by molar-refractivity contribution is -0.205. The molecule has 1 atom stereocenters. The predicted octanol–water partition coefficient (Wildman–Crippen LogP) is 2.24. The first-order valence-corrected chi connectivity index (χ1v) is 6.98. The van der Waals surface area contributed by atoms with Gasteiger partial charge in [0.1, 0.15) is 0 Å². The number of amides is 1. The van der Waals surface area contributed by atoms with E-state index in [0.717, 1.165) is 11.9 Å². The number of hydrogen-bond acceptors (Lipinski definition) is 3. The summed E-state index contributed by atoms with van der Waals surface area (Å²) in [6.45, 7) is -0.869. The van der Waals surface area contributed by atoms with E-state index in [1.165, 1.54) is 30.5 Å². The van der Waals surface area contributed by atoms with Gasteiger partial charge in [-0.15, -0.1) is 0 Å². The molecule has 0 aliphatic rings. The quantitative estimate of drug-likeness (QED) is 0.820. The van der Waals surface area contributed by atoms with Crippen molar-refractivity contribution in [3.63, 3.8) is 0 Å². The summed E-state index contributed by atoms with van der Waals surface area (Å²) < 4.78 is 37.0. The predicted molar refractivity (Wildman–Crippen MR) is 79.7 cm³/mol. The Morgan fingerprint density at radius 2 is 1.71 bits per heavy atom. The van der Waals surface area contributed by atoms with Crippen molar-refractivity contribution >= 4 is 11.7 Å². The number of nitrogens with zero attached hydrogens (tertiary/aromatic N) is 1. The normalized spacial score (nSPS) is 12.7. The largest absolute Gasteiger partial charge is 0.416 e. The number of carbonyl (C=O) groups is 2. The summed E-state index contributed by atoms with van der Waals surface area (Å²) in [4.78, 5) is 27.7. The van der Waals surface area contributed by atoms with Crippen molar-refractivity contribution in [2.45, 2.75) is 12.3 Å². The fourth-order valence-electron chi connectivity index (χ4n) is 2.06. The second-order valence-corrected chi connectivity index (χ2v) is 5.25. The van der Waals surface area contributed by atoms with E-state index in [0.29, 0.717) is 11.1 Å². The average Bonchev–Trinajstić information content (AvgIpc) is 3.07. The highest BCUT2D eigenvalue weighted by Gasteiger charge is 2.39. The number of aliphatic hydroxyl groups excluding tert-OH is 1. The molecule has 0 radical (unpaired) electrons. The molecule has 1 aromatic heterocycles. The Morgan fingerprint density at radius 1 is 1.12 bits per heavy atom. The molecule has 0 saturated carbocycles. The number of nitrogens with one attached hydrogen (secondary N) is 1. The molecule has 8 heteroatoms. The minimum atomic E-state index is -4.79. The van der Waals surface area contributed by atoms with Crippen LogP contribution >= 0.6 is 0 Å². The molecule has 1 unspecified atom stereocenters. The number of aromatic nitrogens is 1. The number of halogens is 3. The molecule has 24 heavy (non-hydrogen) atoms. The van der Waals surface area contributed by atoms with Crippen LogP contribution < -0.4 is 0 Å². The molecule has 2 N–H and O–H groups in total. The number of hydrogen-bond donors (Lipinski definition) is 2. The summed E-state index contributed by atoms with van der Waals surface area (Å²) in [6, 6.07) is 7.18. The van der Waals surface area contributed by atoms with Crippen LogP contribution in [0.3, 0.4) is 0 Å². The summed E-state index contributed by atoms with van der Waals surface area (Å²) in [5, 5.41) is 9.01. The number of likely N-dealkylation sites (N-methyl/N-ethyl adjacent to an activating group) is 1. The molecular formula is C16H15F3N2O3. The number of ketones is 1. The zero-order valence-electron chi connectivity index (χ0n) is 12.7. The molecule has 0 spiro atoms. The lowest BCUT2D eigenvalue weighted by Crippen LogP contribution is -2.41. The van der Waals surface area contributed by atoms with Crippen LogP contribution in [0.5, 0.6) is 0 Å². The van der Waals surface area contributed by atoms with Gasteiger partial charge in [0.15, 0.2) is 11.9 Å². The van der Waals surface area contributed by atoms with E-state index >= 15 is 0 Å². The van der Waals surface area contributed by atoms with Crippen LogP contribution in [-0.4, -0.2) is 52.6 Å². The lowest BCUT2D eigenvalue weighted by atomic mass is 10.0. The SMILES string of the molecule is CN(CC(O)C(F)(F)F)C(=O)c1ccc(C(=O)c2cc[nH]c2)cc1. The van der Waals surface area contributed by atoms with Crippen LogP contribution in [0.15, 0.2) is 42.7 Å². The highest BCUT2D eigenvalue weighted by molar-refractivity contribution is 6.09. The third-order valence-corrected chi connectivity index (χ3v) is 3.43. The van der Waals surface area contributed by atoms with Crippen molar-refractivity contribution < 1.29 is 27.9 Å². The maximum Gasteiger partial charge on any atom is 0.416 e. The van der Waals surface area contributed by atoms with Crippen molar-refractivity contribution in [2.24, 2.45) is 0 Å². The van der Waals surface area contributed by atoms with Gasteiger partial charge >= 0.3 is 6.18 Å². The second-order valence-electron chi connectivity index (χ2n) is 5.25. The number of alkyl halides is 3. The minimum absolute atomic E-state index is 0.123. The highest BCUT2D eigenvalue weighted by Crippen LogP contribution is 2.21. The maximum atomic E-state index is 12.3. The number of aromatic amines is 1. The molecule has 0 bridgehead atoms. The first kappa shape index (κ1) is 17.7. The summed E-state index contributed by atoms with van der Waals surface area (Å²) >= 11 is 0. The fourth-order valence-corrected chi connectivity index (χ4v) is 2.06. The van der Waals surface area contributed by atoms with Crippen LogP contribution in [-0.2, 0) is 0 Å². The van der Waals surface area contributed by atoms with Crippen LogP contribution in [0.4, 0.5) is 13.2 Å². The van der Waals surface area contributed by atoms with Crippen LogP contribution in [0.1, 0.15) is 26.3 Å². The van der Waals surface area contributed by atoms with Gasteiger partial charge in [0.05, 0.1) is 6.54 Å². The van der Waals surface area contributed by atoms with Gasteiger partial charge in [-0.2, -0.15) is 13.2 Å².